The molecule has 0 saturated heterocycles. The summed E-state index contributed by atoms with van der Waals surface area (Å²) < 4.78 is 4.55. The van der Waals surface area contributed by atoms with Crippen LogP contribution in [0.3, 0.4) is 0 Å². The Morgan fingerprint density at radius 3 is 1.94 bits per heavy atom. The van der Waals surface area contributed by atoms with Crippen molar-refractivity contribution in [2.75, 3.05) is 12.4 Å². The van der Waals surface area contributed by atoms with Crippen LogP contribution in [-0.4, -0.2) is 24.2 Å². The van der Waals surface area contributed by atoms with Crippen LogP contribution in [0.1, 0.15) is 51.4 Å². The van der Waals surface area contributed by atoms with Crippen LogP contribution < -0.4 is 0 Å². The lowest BCUT2D eigenvalue weighted by Crippen LogP contribution is -1.99. The minimum Gasteiger partial charge on any atom is -0.469 e. The fourth-order valence-electron chi connectivity index (χ4n) is 1.47. The fraction of sp³-hybridized carbons (Fsp3) is 0.833. The van der Waals surface area contributed by atoms with Gasteiger partial charge in [-0.2, -0.15) is 0 Å². The maximum absolute atomic E-state index is 11.0. The lowest BCUT2D eigenvalue weighted by Gasteiger charge is -2.01. The second-order valence-electron chi connectivity index (χ2n) is 3.87. The average molecular weight is 293 g/mol. The summed E-state index contributed by atoms with van der Waals surface area (Å²) in [5, 5.41) is 0.478. The Hall–Kier alpha value is -0.380. The Labute approximate surface area is 106 Å². The molecular formula is C12H21BrO3. The van der Waals surface area contributed by atoms with E-state index in [4.69, 9.17) is 0 Å². The molecule has 0 rings (SSSR count). The number of Topliss-reactive ketones (excluding diaryl/α,β-unsaturated/α-hetero) is 1. The van der Waals surface area contributed by atoms with Crippen LogP contribution in [-0.2, 0) is 14.3 Å². The van der Waals surface area contributed by atoms with Crippen LogP contribution in [0, 0.1) is 0 Å². The number of hydrogen-bond acceptors (Lipinski definition) is 3. The summed E-state index contributed by atoms with van der Waals surface area (Å²) >= 11 is 3.15. The molecule has 3 nitrogen and oxygen atoms in total. The molecule has 0 aliphatic carbocycles. The number of carbonyl (C=O) groups is 2. The van der Waals surface area contributed by atoms with Gasteiger partial charge in [-0.25, -0.2) is 0 Å². The van der Waals surface area contributed by atoms with Gasteiger partial charge in [0.25, 0.3) is 0 Å². The van der Waals surface area contributed by atoms with Gasteiger partial charge in [0.2, 0.25) is 0 Å². The monoisotopic (exact) mass is 292 g/mol. The fourth-order valence-corrected chi connectivity index (χ4v) is 1.75. The number of unbranched alkanes of at least 4 members (excludes halogenated alkanes) is 5. The van der Waals surface area contributed by atoms with E-state index < -0.39 is 0 Å². The number of rotatable bonds is 10. The zero-order valence-corrected chi connectivity index (χ0v) is 11.6. The van der Waals surface area contributed by atoms with Gasteiger partial charge in [0.1, 0.15) is 5.78 Å². The van der Waals surface area contributed by atoms with E-state index in [1.807, 2.05) is 0 Å². The Bertz CT molecular complexity index is 182. The lowest BCUT2D eigenvalue weighted by atomic mass is 10.1. The number of halogens is 1. The van der Waals surface area contributed by atoms with Gasteiger partial charge in [-0.3, -0.25) is 9.59 Å². The summed E-state index contributed by atoms with van der Waals surface area (Å²) in [5.74, 6) is 0.161. The van der Waals surface area contributed by atoms with Gasteiger partial charge in [-0.05, 0) is 12.8 Å². The third-order valence-corrected chi connectivity index (χ3v) is 3.09. The highest BCUT2D eigenvalue weighted by Crippen LogP contribution is 2.09. The molecule has 0 fully saturated rings. The van der Waals surface area contributed by atoms with Gasteiger partial charge in [0, 0.05) is 12.8 Å². The second kappa shape index (κ2) is 11.1. The van der Waals surface area contributed by atoms with Gasteiger partial charge >= 0.3 is 5.97 Å². The maximum atomic E-state index is 11.0. The number of esters is 1. The lowest BCUT2D eigenvalue weighted by molar-refractivity contribution is -0.140. The van der Waals surface area contributed by atoms with Crippen LogP contribution in [0.2, 0.25) is 0 Å². The highest BCUT2D eigenvalue weighted by atomic mass is 79.9. The first-order chi connectivity index (χ1) is 7.70. The highest BCUT2D eigenvalue weighted by Gasteiger charge is 2.00. The Morgan fingerprint density at radius 1 is 0.938 bits per heavy atom. The highest BCUT2D eigenvalue weighted by molar-refractivity contribution is 9.09. The van der Waals surface area contributed by atoms with Crippen molar-refractivity contribution >= 4 is 27.7 Å². The number of hydrogen-bond donors (Lipinski definition) is 0. The third kappa shape index (κ3) is 10.1. The number of alkyl halides is 1. The van der Waals surface area contributed by atoms with Gasteiger partial charge in [-0.15, -0.1) is 0 Å². The molecule has 0 saturated carbocycles. The molecule has 0 atom stereocenters. The van der Waals surface area contributed by atoms with Gasteiger partial charge in [-0.1, -0.05) is 41.6 Å². The molecule has 16 heavy (non-hydrogen) atoms. The predicted molar refractivity (Wildman–Crippen MR) is 67.8 cm³/mol. The van der Waals surface area contributed by atoms with Gasteiger partial charge < -0.3 is 4.74 Å². The van der Waals surface area contributed by atoms with Crippen molar-refractivity contribution in [1.82, 2.24) is 0 Å². The summed E-state index contributed by atoms with van der Waals surface area (Å²) in [6.45, 7) is 0. The molecule has 0 aromatic heterocycles. The van der Waals surface area contributed by atoms with E-state index in [1.165, 1.54) is 7.11 Å². The zero-order valence-electron chi connectivity index (χ0n) is 9.97. The molecule has 0 unspecified atom stereocenters. The normalized spacial score (nSPS) is 10.1. The van der Waals surface area contributed by atoms with Crippen LogP contribution in [0.5, 0.6) is 0 Å². The first-order valence-corrected chi connectivity index (χ1v) is 6.97. The average Bonchev–Trinajstić information content (AvgIpc) is 2.31. The molecule has 0 radical (unpaired) electrons. The van der Waals surface area contributed by atoms with Crippen molar-refractivity contribution in [3.05, 3.63) is 0 Å². The second-order valence-corrected chi connectivity index (χ2v) is 4.43. The van der Waals surface area contributed by atoms with Crippen molar-refractivity contribution in [2.45, 2.75) is 51.4 Å². The molecule has 0 aliphatic heterocycles. The maximum Gasteiger partial charge on any atom is 0.305 e. The minimum atomic E-state index is -0.122. The smallest absolute Gasteiger partial charge is 0.305 e. The Morgan fingerprint density at radius 2 is 1.44 bits per heavy atom. The SMILES string of the molecule is COC(=O)CCCCCCCCC(=O)CBr. The topological polar surface area (TPSA) is 43.4 Å². The van der Waals surface area contributed by atoms with E-state index in [-0.39, 0.29) is 11.8 Å². The molecular weight excluding hydrogens is 272 g/mol. The van der Waals surface area contributed by atoms with Crippen molar-refractivity contribution in [3.63, 3.8) is 0 Å². The Kier molecular flexibility index (Phi) is 10.9. The molecule has 94 valence electrons. The zero-order chi connectivity index (χ0) is 12.2. The number of ketones is 1. The van der Waals surface area contributed by atoms with E-state index in [0.29, 0.717) is 18.2 Å². The van der Waals surface area contributed by atoms with E-state index in [9.17, 15) is 9.59 Å². The largest absolute Gasteiger partial charge is 0.469 e. The molecule has 0 N–H and O–H groups in total. The number of ether oxygens (including phenoxy) is 1. The Balaban J connectivity index is 3.10. The molecule has 0 aliphatic rings. The molecule has 0 aromatic rings. The number of methoxy groups -OCH3 is 1. The van der Waals surface area contributed by atoms with Gasteiger partial charge in [0.05, 0.1) is 12.4 Å². The third-order valence-electron chi connectivity index (χ3n) is 2.46. The van der Waals surface area contributed by atoms with E-state index in [1.54, 1.807) is 0 Å². The van der Waals surface area contributed by atoms with Crippen molar-refractivity contribution < 1.29 is 14.3 Å². The summed E-state index contributed by atoms with van der Waals surface area (Å²) in [6, 6.07) is 0. The predicted octanol–water partition coefficient (Wildman–Crippen LogP) is 3.24. The van der Waals surface area contributed by atoms with Crippen molar-refractivity contribution in [3.8, 4) is 0 Å². The minimum absolute atomic E-state index is 0.122. The van der Waals surface area contributed by atoms with Crippen molar-refractivity contribution in [1.29, 1.82) is 0 Å². The van der Waals surface area contributed by atoms with Crippen LogP contribution in [0.25, 0.3) is 0 Å². The molecule has 0 bridgehead atoms. The van der Waals surface area contributed by atoms with Crippen molar-refractivity contribution in [2.24, 2.45) is 0 Å². The summed E-state index contributed by atoms with van der Waals surface area (Å²) in [6.07, 6.45) is 7.58. The van der Waals surface area contributed by atoms with Crippen LogP contribution >= 0.6 is 15.9 Å². The molecule has 0 aromatic carbocycles. The standard InChI is InChI=1S/C12H21BrO3/c1-16-12(15)9-7-5-3-2-4-6-8-11(14)10-13/h2-10H2,1H3. The van der Waals surface area contributed by atoms with E-state index in [2.05, 4.69) is 20.7 Å². The quantitative estimate of drug-likeness (QED) is 0.353. The van der Waals surface area contributed by atoms with Crippen LogP contribution in [0.4, 0.5) is 0 Å². The molecule has 4 heteroatoms. The first kappa shape index (κ1) is 15.6. The molecule has 0 heterocycles. The summed E-state index contributed by atoms with van der Waals surface area (Å²) in [4.78, 5) is 21.7. The molecule has 0 spiro atoms. The first-order valence-electron chi connectivity index (χ1n) is 5.85. The summed E-state index contributed by atoms with van der Waals surface area (Å²) in [7, 11) is 1.42. The van der Waals surface area contributed by atoms with E-state index in [0.717, 1.165) is 38.5 Å². The van der Waals surface area contributed by atoms with Gasteiger partial charge in [0.15, 0.2) is 0 Å². The van der Waals surface area contributed by atoms with E-state index >= 15 is 0 Å². The number of carbonyl (C=O) groups excluding carboxylic acids is 2. The summed E-state index contributed by atoms with van der Waals surface area (Å²) in [5.41, 5.74) is 0. The van der Waals surface area contributed by atoms with Crippen LogP contribution in [0.15, 0.2) is 0 Å². The molecule has 0 amide bonds.